The molecule has 23 heavy (non-hydrogen) atoms. The fourth-order valence-electron chi connectivity index (χ4n) is 2.94. The van der Waals surface area contributed by atoms with Gasteiger partial charge in [-0.05, 0) is 25.0 Å². The Labute approximate surface area is 135 Å². The van der Waals surface area contributed by atoms with E-state index in [4.69, 9.17) is 4.74 Å². The molecule has 1 aliphatic rings. The van der Waals surface area contributed by atoms with Crippen molar-refractivity contribution in [3.05, 3.63) is 36.4 Å². The van der Waals surface area contributed by atoms with Crippen LogP contribution in [-0.2, 0) is 17.1 Å². The van der Waals surface area contributed by atoms with Crippen LogP contribution in [0.2, 0.25) is 0 Å². The Bertz CT molecular complexity index is 788. The number of hydrogen-bond donors (Lipinski definition) is 0. The van der Waals surface area contributed by atoms with E-state index >= 15 is 0 Å². The number of sulfonamides is 1. The number of ether oxygens (including phenoxy) is 1. The molecular weight excluding hydrogens is 316 g/mol. The summed E-state index contributed by atoms with van der Waals surface area (Å²) in [5.41, 5.74) is 0. The van der Waals surface area contributed by atoms with Gasteiger partial charge in [0.25, 0.3) is 0 Å². The molecule has 1 atom stereocenters. The summed E-state index contributed by atoms with van der Waals surface area (Å²) >= 11 is 0. The van der Waals surface area contributed by atoms with Crippen LogP contribution in [0.15, 0.2) is 35.5 Å². The fraction of sp³-hybridized carbons (Fsp3) is 0.467. The topological polar surface area (TPSA) is 77.3 Å². The summed E-state index contributed by atoms with van der Waals surface area (Å²) in [5, 5.41) is 8.00. The maximum Gasteiger partial charge on any atom is 0.243 e. The van der Waals surface area contributed by atoms with E-state index in [9.17, 15) is 8.42 Å². The Hall–Kier alpha value is -1.93. The number of hydrogen-bond acceptors (Lipinski definition) is 5. The van der Waals surface area contributed by atoms with Crippen molar-refractivity contribution >= 4 is 10.0 Å². The van der Waals surface area contributed by atoms with Gasteiger partial charge >= 0.3 is 0 Å². The van der Waals surface area contributed by atoms with Crippen LogP contribution in [0.25, 0.3) is 0 Å². The van der Waals surface area contributed by atoms with E-state index in [2.05, 4.69) is 10.2 Å². The maximum atomic E-state index is 13.1. The molecule has 0 N–H and O–H groups in total. The molecular formula is C15H20N4O3S. The highest BCUT2D eigenvalue weighted by Crippen LogP contribution is 2.34. The third-order valence-electron chi connectivity index (χ3n) is 4.15. The minimum absolute atomic E-state index is 0.242. The predicted molar refractivity (Wildman–Crippen MR) is 84.5 cm³/mol. The zero-order valence-corrected chi connectivity index (χ0v) is 14.0. The standard InChI is InChI=1S/C15H20N4O3S/c1-18-11-16-17-15(18)14-8-3-4-9-19(14)23(20,21)13-7-5-6-12(10-13)22-2/h5-7,10-11,14H,3-4,8-9H2,1-2H3. The highest BCUT2D eigenvalue weighted by molar-refractivity contribution is 7.89. The molecule has 2 aromatic rings. The lowest BCUT2D eigenvalue weighted by molar-refractivity contribution is 0.242. The number of benzene rings is 1. The number of rotatable bonds is 4. The van der Waals surface area contributed by atoms with Gasteiger partial charge in [0.2, 0.25) is 10.0 Å². The first-order valence-corrected chi connectivity index (χ1v) is 8.98. The molecule has 0 saturated carbocycles. The zero-order chi connectivity index (χ0) is 16.4. The van der Waals surface area contributed by atoms with Crippen LogP contribution < -0.4 is 4.74 Å². The summed E-state index contributed by atoms with van der Waals surface area (Å²) in [4.78, 5) is 0.242. The Morgan fingerprint density at radius 1 is 1.30 bits per heavy atom. The van der Waals surface area contributed by atoms with Crippen LogP contribution in [0.3, 0.4) is 0 Å². The van der Waals surface area contributed by atoms with Crippen LogP contribution in [0, 0.1) is 0 Å². The van der Waals surface area contributed by atoms with Gasteiger partial charge in [-0.3, -0.25) is 0 Å². The molecule has 0 radical (unpaired) electrons. The van der Waals surface area contributed by atoms with Crippen molar-refractivity contribution < 1.29 is 13.2 Å². The smallest absolute Gasteiger partial charge is 0.243 e. The van der Waals surface area contributed by atoms with Crippen LogP contribution in [-0.4, -0.2) is 41.1 Å². The lowest BCUT2D eigenvalue weighted by Gasteiger charge is -2.33. The molecule has 1 saturated heterocycles. The van der Waals surface area contributed by atoms with Gasteiger partial charge in [0.1, 0.15) is 12.1 Å². The SMILES string of the molecule is COc1cccc(S(=O)(=O)N2CCCCC2c2nncn2C)c1. The Morgan fingerprint density at radius 3 is 2.83 bits per heavy atom. The summed E-state index contributed by atoms with van der Waals surface area (Å²) < 4.78 is 34.6. The van der Waals surface area contributed by atoms with Crippen molar-refractivity contribution in [2.45, 2.75) is 30.2 Å². The van der Waals surface area contributed by atoms with Gasteiger partial charge in [-0.15, -0.1) is 10.2 Å². The largest absolute Gasteiger partial charge is 0.497 e. The molecule has 3 rings (SSSR count). The normalized spacial score (nSPS) is 19.7. The zero-order valence-electron chi connectivity index (χ0n) is 13.2. The first-order valence-electron chi connectivity index (χ1n) is 7.54. The number of piperidine rings is 1. The van der Waals surface area contributed by atoms with E-state index in [1.165, 1.54) is 11.4 Å². The quantitative estimate of drug-likeness (QED) is 0.850. The van der Waals surface area contributed by atoms with E-state index in [-0.39, 0.29) is 10.9 Å². The van der Waals surface area contributed by atoms with Crippen molar-refractivity contribution in [3.8, 4) is 5.75 Å². The monoisotopic (exact) mass is 336 g/mol. The molecule has 1 unspecified atom stereocenters. The molecule has 7 nitrogen and oxygen atoms in total. The molecule has 0 spiro atoms. The van der Waals surface area contributed by atoms with Crippen molar-refractivity contribution in [1.82, 2.24) is 19.1 Å². The second-order valence-electron chi connectivity index (χ2n) is 5.61. The average molecular weight is 336 g/mol. The minimum Gasteiger partial charge on any atom is -0.497 e. The van der Waals surface area contributed by atoms with Crippen LogP contribution >= 0.6 is 0 Å². The third-order valence-corrected chi connectivity index (χ3v) is 6.05. The molecule has 1 aliphatic heterocycles. The number of aromatic nitrogens is 3. The molecule has 0 amide bonds. The van der Waals surface area contributed by atoms with Gasteiger partial charge < -0.3 is 9.30 Å². The summed E-state index contributed by atoms with van der Waals surface area (Å²) in [6, 6.07) is 6.28. The summed E-state index contributed by atoms with van der Waals surface area (Å²) in [5.74, 6) is 1.20. The van der Waals surface area contributed by atoms with Gasteiger partial charge in [-0.25, -0.2) is 8.42 Å². The van der Waals surface area contributed by atoms with E-state index in [1.54, 1.807) is 35.2 Å². The van der Waals surface area contributed by atoms with E-state index in [0.29, 0.717) is 18.1 Å². The summed E-state index contributed by atoms with van der Waals surface area (Å²) in [7, 11) is -0.258. The molecule has 1 aromatic heterocycles. The van der Waals surface area contributed by atoms with E-state index in [1.807, 2.05) is 7.05 Å². The molecule has 0 bridgehead atoms. The van der Waals surface area contributed by atoms with E-state index < -0.39 is 10.0 Å². The molecule has 2 heterocycles. The lowest BCUT2D eigenvalue weighted by Crippen LogP contribution is -2.39. The van der Waals surface area contributed by atoms with E-state index in [0.717, 1.165) is 19.3 Å². The van der Waals surface area contributed by atoms with Crippen LogP contribution in [0.4, 0.5) is 0 Å². The Morgan fingerprint density at radius 2 is 2.13 bits per heavy atom. The predicted octanol–water partition coefficient (Wildman–Crippen LogP) is 1.74. The molecule has 8 heteroatoms. The Balaban J connectivity index is 2.00. The summed E-state index contributed by atoms with van der Waals surface area (Å²) in [6.07, 6.45) is 4.16. The van der Waals surface area contributed by atoms with Crippen LogP contribution in [0.5, 0.6) is 5.75 Å². The van der Waals surface area contributed by atoms with Gasteiger partial charge in [0.05, 0.1) is 18.0 Å². The highest BCUT2D eigenvalue weighted by atomic mass is 32.2. The highest BCUT2D eigenvalue weighted by Gasteiger charge is 2.36. The minimum atomic E-state index is -3.61. The summed E-state index contributed by atoms with van der Waals surface area (Å²) in [6.45, 7) is 0.483. The van der Waals surface area contributed by atoms with Gasteiger partial charge in [0, 0.05) is 19.7 Å². The van der Waals surface area contributed by atoms with Crippen LogP contribution in [0.1, 0.15) is 31.1 Å². The number of nitrogens with zero attached hydrogens (tertiary/aromatic N) is 4. The van der Waals surface area contributed by atoms with Crippen molar-refractivity contribution in [3.63, 3.8) is 0 Å². The van der Waals surface area contributed by atoms with Gasteiger partial charge in [-0.1, -0.05) is 12.5 Å². The Kier molecular flexibility index (Phi) is 4.36. The second kappa shape index (κ2) is 6.29. The molecule has 0 aliphatic carbocycles. The second-order valence-corrected chi connectivity index (χ2v) is 7.50. The maximum absolute atomic E-state index is 13.1. The molecule has 124 valence electrons. The average Bonchev–Trinajstić information content (AvgIpc) is 3.01. The van der Waals surface area contributed by atoms with Crippen molar-refractivity contribution in [2.75, 3.05) is 13.7 Å². The first-order chi connectivity index (χ1) is 11.0. The third kappa shape index (κ3) is 2.96. The molecule has 1 aromatic carbocycles. The van der Waals surface area contributed by atoms with Crippen molar-refractivity contribution in [1.29, 1.82) is 0 Å². The first kappa shape index (κ1) is 15.9. The van der Waals surface area contributed by atoms with Crippen molar-refractivity contribution in [2.24, 2.45) is 7.05 Å². The molecule has 1 fully saturated rings. The number of aryl methyl sites for hydroxylation is 1. The van der Waals surface area contributed by atoms with Gasteiger partial charge in [0.15, 0.2) is 5.82 Å². The fourth-order valence-corrected chi connectivity index (χ4v) is 4.63. The van der Waals surface area contributed by atoms with Gasteiger partial charge in [-0.2, -0.15) is 4.31 Å². The lowest BCUT2D eigenvalue weighted by atomic mass is 10.0. The number of methoxy groups -OCH3 is 1.